The van der Waals surface area contributed by atoms with Crippen molar-refractivity contribution in [3.05, 3.63) is 47.1 Å². The summed E-state index contributed by atoms with van der Waals surface area (Å²) in [4.78, 5) is 13.9. The van der Waals surface area contributed by atoms with Crippen LogP contribution < -0.4 is 4.74 Å². The van der Waals surface area contributed by atoms with E-state index in [2.05, 4.69) is 0 Å². The van der Waals surface area contributed by atoms with E-state index in [4.69, 9.17) is 4.74 Å². The molecule has 1 amide bonds. The van der Waals surface area contributed by atoms with Gasteiger partial charge < -0.3 is 9.64 Å². The summed E-state index contributed by atoms with van der Waals surface area (Å²) >= 11 is 1.16. The van der Waals surface area contributed by atoms with Crippen LogP contribution in [-0.2, 0) is 10.0 Å². The molecule has 3 rings (SSSR count). The van der Waals surface area contributed by atoms with Crippen LogP contribution in [0.15, 0.2) is 39.9 Å². The minimum atomic E-state index is -3.53. The van der Waals surface area contributed by atoms with Crippen molar-refractivity contribution in [3.63, 3.8) is 0 Å². The van der Waals surface area contributed by atoms with Gasteiger partial charge in [-0.25, -0.2) is 12.8 Å². The first-order valence-electron chi connectivity index (χ1n) is 7.60. The Hall–Kier alpha value is -1.97. The molecular formula is C16H17FN2O4S2. The predicted molar refractivity (Wildman–Crippen MR) is 91.9 cm³/mol. The van der Waals surface area contributed by atoms with Crippen molar-refractivity contribution in [2.45, 2.75) is 4.21 Å². The zero-order valence-electron chi connectivity index (χ0n) is 13.5. The zero-order valence-corrected chi connectivity index (χ0v) is 15.1. The Balaban J connectivity index is 1.69. The van der Waals surface area contributed by atoms with E-state index < -0.39 is 21.7 Å². The molecule has 1 aromatic carbocycles. The number of piperazine rings is 1. The maximum absolute atomic E-state index is 14.1. The number of sulfonamides is 1. The van der Waals surface area contributed by atoms with E-state index in [1.807, 2.05) is 0 Å². The molecule has 0 spiro atoms. The lowest BCUT2D eigenvalue weighted by molar-refractivity contribution is 0.0693. The SMILES string of the molecule is COc1ccc(C(=O)N2CCN(S(=O)(=O)c3cccs3)CC2)c(F)c1. The molecule has 1 saturated heterocycles. The number of hydrogen-bond donors (Lipinski definition) is 0. The standard InChI is InChI=1S/C16H17FN2O4S2/c1-23-12-4-5-13(14(17)11-12)16(20)18-6-8-19(9-7-18)25(21,22)15-3-2-10-24-15/h2-5,10-11H,6-9H2,1H3. The van der Waals surface area contributed by atoms with Gasteiger partial charge in [0.15, 0.2) is 0 Å². The average molecular weight is 384 g/mol. The van der Waals surface area contributed by atoms with Gasteiger partial charge in [0, 0.05) is 32.2 Å². The molecule has 0 aliphatic carbocycles. The fraction of sp³-hybridized carbons (Fsp3) is 0.312. The molecule has 1 aliphatic heterocycles. The van der Waals surface area contributed by atoms with Crippen molar-refractivity contribution in [2.24, 2.45) is 0 Å². The number of halogens is 1. The Morgan fingerprint density at radius 1 is 1.20 bits per heavy atom. The molecule has 9 heteroatoms. The van der Waals surface area contributed by atoms with Crippen LogP contribution in [0, 0.1) is 5.82 Å². The molecule has 6 nitrogen and oxygen atoms in total. The van der Waals surface area contributed by atoms with Crippen LogP contribution in [0.5, 0.6) is 5.75 Å². The smallest absolute Gasteiger partial charge is 0.256 e. The molecule has 1 aliphatic rings. The van der Waals surface area contributed by atoms with Gasteiger partial charge in [-0.15, -0.1) is 11.3 Å². The largest absolute Gasteiger partial charge is 0.497 e. The number of benzene rings is 1. The number of methoxy groups -OCH3 is 1. The molecule has 25 heavy (non-hydrogen) atoms. The van der Waals surface area contributed by atoms with Gasteiger partial charge in [0.05, 0.1) is 12.7 Å². The maximum Gasteiger partial charge on any atom is 0.256 e. The first-order valence-corrected chi connectivity index (χ1v) is 9.92. The average Bonchev–Trinajstić information content (AvgIpc) is 3.16. The number of ether oxygens (including phenoxy) is 1. The zero-order chi connectivity index (χ0) is 18.0. The quantitative estimate of drug-likeness (QED) is 0.809. The Labute approximate surface area is 149 Å². The van der Waals surface area contributed by atoms with E-state index in [0.717, 1.165) is 17.4 Å². The lowest BCUT2D eigenvalue weighted by Crippen LogP contribution is -2.50. The minimum Gasteiger partial charge on any atom is -0.497 e. The lowest BCUT2D eigenvalue weighted by Gasteiger charge is -2.33. The van der Waals surface area contributed by atoms with Gasteiger partial charge in [0.1, 0.15) is 15.8 Å². The van der Waals surface area contributed by atoms with Crippen LogP contribution in [0.25, 0.3) is 0 Å². The van der Waals surface area contributed by atoms with Crippen LogP contribution in [0.3, 0.4) is 0 Å². The fourth-order valence-corrected chi connectivity index (χ4v) is 5.20. The van der Waals surface area contributed by atoms with E-state index in [9.17, 15) is 17.6 Å². The normalized spacial score (nSPS) is 16.0. The fourth-order valence-electron chi connectivity index (χ4n) is 2.64. The third-order valence-corrected chi connectivity index (χ3v) is 7.29. The second-order valence-electron chi connectivity index (χ2n) is 5.47. The van der Waals surface area contributed by atoms with Crippen molar-refractivity contribution in [1.82, 2.24) is 9.21 Å². The summed E-state index contributed by atoms with van der Waals surface area (Å²) in [5, 5.41) is 1.71. The third kappa shape index (κ3) is 3.53. The van der Waals surface area contributed by atoms with E-state index in [0.29, 0.717) is 5.75 Å². The summed E-state index contributed by atoms with van der Waals surface area (Å²) in [7, 11) is -2.11. The second-order valence-corrected chi connectivity index (χ2v) is 8.59. The number of amides is 1. The molecule has 1 fully saturated rings. The third-order valence-electron chi connectivity index (χ3n) is 4.02. The van der Waals surface area contributed by atoms with Gasteiger partial charge in [-0.2, -0.15) is 4.31 Å². The van der Waals surface area contributed by atoms with Crippen LogP contribution in [0.4, 0.5) is 4.39 Å². The highest BCUT2D eigenvalue weighted by Gasteiger charge is 2.31. The molecule has 0 N–H and O–H groups in total. The number of nitrogens with zero attached hydrogens (tertiary/aromatic N) is 2. The monoisotopic (exact) mass is 384 g/mol. The summed E-state index contributed by atoms with van der Waals surface area (Å²) in [6, 6.07) is 7.30. The Morgan fingerprint density at radius 2 is 1.92 bits per heavy atom. The number of rotatable bonds is 4. The van der Waals surface area contributed by atoms with Crippen LogP contribution in [0.2, 0.25) is 0 Å². The molecule has 0 bridgehead atoms. The Kier molecular flexibility index (Phi) is 5.07. The highest BCUT2D eigenvalue weighted by molar-refractivity contribution is 7.91. The van der Waals surface area contributed by atoms with Crippen molar-refractivity contribution in [2.75, 3.05) is 33.3 Å². The molecule has 134 valence electrons. The summed E-state index contributed by atoms with van der Waals surface area (Å²) in [5.41, 5.74) is -0.0460. The Morgan fingerprint density at radius 3 is 2.48 bits per heavy atom. The van der Waals surface area contributed by atoms with Gasteiger partial charge in [-0.05, 0) is 23.6 Å². The number of hydrogen-bond acceptors (Lipinski definition) is 5. The molecule has 0 unspecified atom stereocenters. The van der Waals surface area contributed by atoms with Gasteiger partial charge in [0.25, 0.3) is 15.9 Å². The Bertz CT molecular complexity index is 860. The van der Waals surface area contributed by atoms with Crippen molar-refractivity contribution in [1.29, 1.82) is 0 Å². The summed E-state index contributed by atoms with van der Waals surface area (Å²) in [6.07, 6.45) is 0. The summed E-state index contributed by atoms with van der Waals surface area (Å²) in [6.45, 7) is 0.803. The van der Waals surface area contributed by atoms with Crippen LogP contribution in [-0.4, -0.2) is 56.8 Å². The molecule has 2 heterocycles. The summed E-state index contributed by atoms with van der Waals surface area (Å²) < 4.78 is 45.6. The molecule has 0 radical (unpaired) electrons. The maximum atomic E-state index is 14.1. The van der Waals surface area contributed by atoms with Crippen LogP contribution in [0.1, 0.15) is 10.4 Å². The van der Waals surface area contributed by atoms with Gasteiger partial charge in [-0.1, -0.05) is 6.07 Å². The molecular weight excluding hydrogens is 367 g/mol. The topological polar surface area (TPSA) is 66.9 Å². The first kappa shape index (κ1) is 17.8. The van der Waals surface area contributed by atoms with Gasteiger partial charge in [0.2, 0.25) is 0 Å². The molecule has 0 atom stereocenters. The van der Waals surface area contributed by atoms with Crippen LogP contribution >= 0.6 is 11.3 Å². The van der Waals surface area contributed by atoms with E-state index in [-0.39, 0.29) is 36.0 Å². The number of carbonyl (C=O) groups is 1. The van der Waals surface area contributed by atoms with E-state index in [1.54, 1.807) is 17.5 Å². The van der Waals surface area contributed by atoms with E-state index in [1.165, 1.54) is 28.4 Å². The summed E-state index contributed by atoms with van der Waals surface area (Å²) in [5.74, 6) is -0.771. The molecule has 0 saturated carbocycles. The molecule has 2 aromatic rings. The highest BCUT2D eigenvalue weighted by Crippen LogP contribution is 2.23. The second kappa shape index (κ2) is 7.11. The van der Waals surface area contributed by atoms with Crippen molar-refractivity contribution < 1.29 is 22.3 Å². The molecule has 1 aromatic heterocycles. The van der Waals surface area contributed by atoms with Gasteiger partial charge >= 0.3 is 0 Å². The predicted octanol–water partition coefficient (Wildman–Crippen LogP) is 2.04. The number of carbonyl (C=O) groups excluding carboxylic acids is 1. The van der Waals surface area contributed by atoms with Crippen molar-refractivity contribution in [3.8, 4) is 5.75 Å². The van der Waals surface area contributed by atoms with Gasteiger partial charge in [-0.3, -0.25) is 4.79 Å². The van der Waals surface area contributed by atoms with E-state index >= 15 is 0 Å². The highest BCUT2D eigenvalue weighted by atomic mass is 32.2. The van der Waals surface area contributed by atoms with Crippen molar-refractivity contribution >= 4 is 27.3 Å². The first-order chi connectivity index (χ1) is 11.9. The minimum absolute atomic E-state index is 0.0460. The number of thiophene rings is 1. The lowest BCUT2D eigenvalue weighted by atomic mass is 10.1.